The fourth-order valence-corrected chi connectivity index (χ4v) is 3.77. The monoisotopic (exact) mass is 453 g/mol. The quantitative estimate of drug-likeness (QED) is 0.274. The number of anilines is 1. The predicted molar refractivity (Wildman–Crippen MR) is 121 cm³/mol. The fourth-order valence-electron chi connectivity index (χ4n) is 3.77. The molecule has 5 N–H and O–H groups in total. The van der Waals surface area contributed by atoms with Crippen LogP contribution in [0.4, 0.5) is 5.69 Å². The summed E-state index contributed by atoms with van der Waals surface area (Å²) in [4.78, 5) is 12.4. The van der Waals surface area contributed by atoms with E-state index in [1.165, 1.54) is 38.5 Å². The Morgan fingerprint density at radius 2 is 1.56 bits per heavy atom. The number of ether oxygens (including phenoxy) is 2. The van der Waals surface area contributed by atoms with Gasteiger partial charge in [-0.3, -0.25) is 4.79 Å². The van der Waals surface area contributed by atoms with E-state index in [4.69, 9.17) is 9.47 Å². The Labute approximate surface area is 190 Å². The lowest BCUT2D eigenvalue weighted by molar-refractivity contribution is -0.277. The molecule has 0 bridgehead atoms. The molecule has 1 aliphatic rings. The molecule has 1 saturated heterocycles. The van der Waals surface area contributed by atoms with Crippen LogP contribution in [0.3, 0.4) is 0 Å². The summed E-state index contributed by atoms with van der Waals surface area (Å²) < 4.78 is 11.1. The molecule has 182 valence electrons. The minimum absolute atomic E-state index is 0.127. The molecular weight excluding hydrogens is 414 g/mol. The van der Waals surface area contributed by atoms with Gasteiger partial charge in [-0.2, -0.15) is 0 Å². The number of aliphatic hydroxyl groups is 4. The molecule has 32 heavy (non-hydrogen) atoms. The highest BCUT2D eigenvalue weighted by Gasteiger charge is 2.44. The van der Waals surface area contributed by atoms with Crippen LogP contribution in [-0.4, -0.2) is 63.6 Å². The number of unbranched alkanes of at least 4 members (excludes halogenated alkanes) is 8. The van der Waals surface area contributed by atoms with Crippen LogP contribution in [0.25, 0.3) is 0 Å². The standard InChI is InChI=1S/C24H39NO7/c1-2-3-4-5-6-7-8-9-10-15-20(27)25-17-13-11-12-14-18(17)31-24-23(30)22(29)21(28)19(16-26)32-24/h11-14,19,21-24,26,28-30H,2-10,15-16H2,1H3,(H,25,27)/t19-,21-,22+,23-,24?/m1/s1. The minimum atomic E-state index is -1.53. The lowest BCUT2D eigenvalue weighted by Gasteiger charge is -2.39. The summed E-state index contributed by atoms with van der Waals surface area (Å²) in [7, 11) is 0. The van der Waals surface area contributed by atoms with Gasteiger partial charge in [0.1, 0.15) is 30.2 Å². The zero-order valence-electron chi connectivity index (χ0n) is 19.0. The lowest BCUT2D eigenvalue weighted by Crippen LogP contribution is -2.60. The van der Waals surface area contributed by atoms with Crippen LogP contribution in [-0.2, 0) is 9.53 Å². The molecule has 0 spiro atoms. The van der Waals surface area contributed by atoms with E-state index in [9.17, 15) is 25.2 Å². The molecule has 1 fully saturated rings. The highest BCUT2D eigenvalue weighted by molar-refractivity contribution is 5.92. The van der Waals surface area contributed by atoms with E-state index in [1.54, 1.807) is 24.3 Å². The largest absolute Gasteiger partial charge is 0.460 e. The van der Waals surface area contributed by atoms with E-state index in [-0.39, 0.29) is 11.7 Å². The molecule has 8 heteroatoms. The topological polar surface area (TPSA) is 128 Å². The number of amides is 1. The Hall–Kier alpha value is -1.71. The highest BCUT2D eigenvalue weighted by atomic mass is 16.7. The van der Waals surface area contributed by atoms with Gasteiger partial charge in [-0.1, -0.05) is 70.4 Å². The zero-order valence-corrected chi connectivity index (χ0v) is 19.0. The van der Waals surface area contributed by atoms with E-state index in [0.29, 0.717) is 12.1 Å². The molecule has 1 aromatic rings. The molecule has 0 saturated carbocycles. The van der Waals surface area contributed by atoms with Crippen molar-refractivity contribution in [3.05, 3.63) is 24.3 Å². The van der Waals surface area contributed by atoms with Crippen molar-refractivity contribution in [3.8, 4) is 5.75 Å². The first-order valence-electron chi connectivity index (χ1n) is 11.8. The molecule has 8 nitrogen and oxygen atoms in total. The molecule has 0 aliphatic carbocycles. The van der Waals surface area contributed by atoms with Crippen molar-refractivity contribution >= 4 is 11.6 Å². The third kappa shape index (κ3) is 8.33. The summed E-state index contributed by atoms with van der Waals surface area (Å²) in [5.41, 5.74) is 0.422. The molecular formula is C24H39NO7. The van der Waals surface area contributed by atoms with Gasteiger partial charge in [-0.25, -0.2) is 0 Å². The number of rotatable bonds is 14. The van der Waals surface area contributed by atoms with Gasteiger partial charge in [0.15, 0.2) is 0 Å². The fraction of sp³-hybridized carbons (Fsp3) is 0.708. The number of hydrogen-bond donors (Lipinski definition) is 5. The number of carbonyl (C=O) groups excluding carboxylic acids is 1. The molecule has 1 unspecified atom stereocenters. The Morgan fingerprint density at radius 1 is 0.938 bits per heavy atom. The van der Waals surface area contributed by atoms with Gasteiger partial charge in [0.05, 0.1) is 12.3 Å². The lowest BCUT2D eigenvalue weighted by atomic mass is 9.99. The van der Waals surface area contributed by atoms with Gasteiger partial charge in [-0.05, 0) is 18.6 Å². The maximum Gasteiger partial charge on any atom is 0.229 e. The summed E-state index contributed by atoms with van der Waals surface area (Å²) in [5.74, 6) is 0.134. The van der Waals surface area contributed by atoms with Crippen molar-refractivity contribution in [2.45, 2.75) is 102 Å². The van der Waals surface area contributed by atoms with E-state index >= 15 is 0 Å². The van der Waals surface area contributed by atoms with Crippen LogP contribution in [0.15, 0.2) is 24.3 Å². The van der Waals surface area contributed by atoms with E-state index in [0.717, 1.165) is 19.3 Å². The first kappa shape index (κ1) is 26.5. The maximum atomic E-state index is 12.4. The van der Waals surface area contributed by atoms with E-state index in [2.05, 4.69) is 12.2 Å². The average Bonchev–Trinajstić information content (AvgIpc) is 2.79. The van der Waals surface area contributed by atoms with Crippen LogP contribution in [0, 0.1) is 0 Å². The molecule has 5 atom stereocenters. The summed E-state index contributed by atoms with van der Waals surface area (Å²) in [5, 5.41) is 42.1. The Kier molecular flexibility index (Phi) is 12.0. The van der Waals surface area contributed by atoms with Crippen molar-refractivity contribution in [2.24, 2.45) is 0 Å². The molecule has 0 aromatic heterocycles. The second-order valence-electron chi connectivity index (χ2n) is 8.44. The van der Waals surface area contributed by atoms with Crippen LogP contribution >= 0.6 is 0 Å². The number of hydrogen-bond acceptors (Lipinski definition) is 7. The van der Waals surface area contributed by atoms with Crippen LogP contribution in [0.1, 0.15) is 71.1 Å². The normalized spacial score (nSPS) is 25.5. The predicted octanol–water partition coefficient (Wildman–Crippen LogP) is 2.72. The molecule has 1 aromatic carbocycles. The molecule has 2 rings (SSSR count). The molecule has 1 amide bonds. The third-order valence-corrected chi connectivity index (χ3v) is 5.76. The number of aliphatic hydroxyl groups excluding tert-OH is 4. The first-order chi connectivity index (χ1) is 15.5. The second kappa shape index (κ2) is 14.4. The summed E-state index contributed by atoms with van der Waals surface area (Å²) in [6.45, 7) is 1.67. The number of para-hydroxylation sites is 2. The van der Waals surface area contributed by atoms with Gasteiger partial charge in [-0.15, -0.1) is 0 Å². The molecule has 1 heterocycles. The first-order valence-corrected chi connectivity index (χ1v) is 11.8. The second-order valence-corrected chi connectivity index (χ2v) is 8.44. The SMILES string of the molecule is CCCCCCCCCCCC(=O)Nc1ccccc1OC1O[C@H](CO)[C@@H](O)[C@H](O)[C@H]1O. The summed E-state index contributed by atoms with van der Waals surface area (Å²) in [6.07, 6.45) is 4.14. The number of benzene rings is 1. The van der Waals surface area contributed by atoms with Gasteiger partial charge >= 0.3 is 0 Å². The minimum Gasteiger partial charge on any atom is -0.460 e. The Morgan fingerprint density at radius 3 is 2.22 bits per heavy atom. The highest BCUT2D eigenvalue weighted by Crippen LogP contribution is 2.29. The summed E-state index contributed by atoms with van der Waals surface area (Å²) >= 11 is 0. The van der Waals surface area contributed by atoms with Crippen LogP contribution in [0.5, 0.6) is 5.75 Å². The van der Waals surface area contributed by atoms with Gasteiger partial charge < -0.3 is 35.2 Å². The maximum absolute atomic E-state index is 12.4. The molecule has 1 aliphatic heterocycles. The summed E-state index contributed by atoms with van der Waals surface area (Å²) in [6, 6.07) is 6.73. The Balaban J connectivity index is 1.78. The van der Waals surface area contributed by atoms with Gasteiger partial charge in [0.2, 0.25) is 12.2 Å². The van der Waals surface area contributed by atoms with Crippen molar-refractivity contribution in [3.63, 3.8) is 0 Å². The number of nitrogens with one attached hydrogen (secondary N) is 1. The van der Waals surface area contributed by atoms with Crippen LogP contribution < -0.4 is 10.1 Å². The van der Waals surface area contributed by atoms with Gasteiger partial charge in [0, 0.05) is 6.42 Å². The number of carbonyl (C=O) groups is 1. The molecule has 0 radical (unpaired) electrons. The van der Waals surface area contributed by atoms with Gasteiger partial charge in [0.25, 0.3) is 0 Å². The van der Waals surface area contributed by atoms with Crippen molar-refractivity contribution in [1.82, 2.24) is 0 Å². The third-order valence-electron chi connectivity index (χ3n) is 5.76. The Bertz CT molecular complexity index is 670. The van der Waals surface area contributed by atoms with Crippen molar-refractivity contribution in [1.29, 1.82) is 0 Å². The van der Waals surface area contributed by atoms with Crippen molar-refractivity contribution < 1.29 is 34.7 Å². The average molecular weight is 454 g/mol. The zero-order chi connectivity index (χ0) is 23.3. The van der Waals surface area contributed by atoms with E-state index in [1.807, 2.05) is 0 Å². The smallest absolute Gasteiger partial charge is 0.229 e. The van der Waals surface area contributed by atoms with Crippen molar-refractivity contribution in [2.75, 3.05) is 11.9 Å². The van der Waals surface area contributed by atoms with Crippen LogP contribution in [0.2, 0.25) is 0 Å². The van der Waals surface area contributed by atoms with E-state index < -0.39 is 37.3 Å².